The summed E-state index contributed by atoms with van der Waals surface area (Å²) in [5.41, 5.74) is 0.470. The maximum absolute atomic E-state index is 12.1. The SMILES string of the molecule is CC(NCC(O)C(F)(F)F)c1cccc(OC(F)F)c1. The van der Waals surface area contributed by atoms with E-state index in [1.54, 1.807) is 13.0 Å². The third-order valence-corrected chi connectivity index (χ3v) is 2.58. The van der Waals surface area contributed by atoms with Gasteiger partial charge in [0.25, 0.3) is 0 Å². The van der Waals surface area contributed by atoms with Crippen LogP contribution in [0.25, 0.3) is 0 Å². The van der Waals surface area contributed by atoms with Crippen LogP contribution in [0.2, 0.25) is 0 Å². The second-order valence-electron chi connectivity index (χ2n) is 4.14. The Hall–Kier alpha value is -1.41. The lowest BCUT2D eigenvalue weighted by atomic mass is 10.1. The highest BCUT2D eigenvalue weighted by Crippen LogP contribution is 2.22. The fraction of sp³-hybridized carbons (Fsp3) is 0.500. The maximum atomic E-state index is 12.1. The molecule has 0 aliphatic carbocycles. The van der Waals surface area contributed by atoms with Gasteiger partial charge < -0.3 is 15.2 Å². The van der Waals surface area contributed by atoms with E-state index >= 15 is 0 Å². The normalized spacial score (nSPS) is 15.2. The molecule has 2 unspecified atom stereocenters. The summed E-state index contributed by atoms with van der Waals surface area (Å²) in [5, 5.41) is 11.3. The molecule has 1 aromatic rings. The van der Waals surface area contributed by atoms with Crippen LogP contribution in [0.4, 0.5) is 22.0 Å². The molecule has 0 heterocycles. The molecule has 0 aliphatic rings. The molecule has 3 nitrogen and oxygen atoms in total. The lowest BCUT2D eigenvalue weighted by Crippen LogP contribution is -2.39. The number of aliphatic hydroxyl groups is 1. The van der Waals surface area contributed by atoms with Crippen LogP contribution in [0.5, 0.6) is 5.75 Å². The maximum Gasteiger partial charge on any atom is 0.415 e. The second kappa shape index (κ2) is 6.85. The molecule has 0 saturated carbocycles. The summed E-state index contributed by atoms with van der Waals surface area (Å²) >= 11 is 0. The first kappa shape index (κ1) is 16.6. The van der Waals surface area contributed by atoms with E-state index in [-0.39, 0.29) is 5.75 Å². The molecule has 2 atom stereocenters. The third kappa shape index (κ3) is 5.30. The van der Waals surface area contributed by atoms with E-state index in [1.165, 1.54) is 18.2 Å². The summed E-state index contributed by atoms with van der Waals surface area (Å²) in [6, 6.07) is 5.05. The minimum Gasteiger partial charge on any atom is -0.435 e. The van der Waals surface area contributed by atoms with Gasteiger partial charge in [0.15, 0.2) is 6.10 Å². The quantitative estimate of drug-likeness (QED) is 0.794. The highest BCUT2D eigenvalue weighted by molar-refractivity contribution is 5.30. The summed E-state index contributed by atoms with van der Waals surface area (Å²) in [6.45, 7) is -2.12. The lowest BCUT2D eigenvalue weighted by Gasteiger charge is -2.19. The summed E-state index contributed by atoms with van der Waals surface area (Å²) in [4.78, 5) is 0. The van der Waals surface area contributed by atoms with Crippen LogP contribution in [-0.4, -0.2) is 30.5 Å². The van der Waals surface area contributed by atoms with Crippen LogP contribution in [-0.2, 0) is 0 Å². The molecule has 2 N–H and O–H groups in total. The molecule has 0 aromatic heterocycles. The van der Waals surface area contributed by atoms with Gasteiger partial charge in [-0.2, -0.15) is 22.0 Å². The molecule has 0 radical (unpaired) electrons. The highest BCUT2D eigenvalue weighted by Gasteiger charge is 2.37. The Morgan fingerprint density at radius 1 is 1.30 bits per heavy atom. The average Bonchev–Trinajstić information content (AvgIpc) is 2.33. The van der Waals surface area contributed by atoms with Gasteiger partial charge in [0.1, 0.15) is 5.75 Å². The molecule has 114 valence electrons. The van der Waals surface area contributed by atoms with Gasteiger partial charge in [0.2, 0.25) is 0 Å². The van der Waals surface area contributed by atoms with Gasteiger partial charge in [-0.05, 0) is 24.6 Å². The zero-order valence-electron chi connectivity index (χ0n) is 10.5. The molecular weight excluding hydrogens is 285 g/mol. The molecule has 8 heteroatoms. The van der Waals surface area contributed by atoms with Crippen molar-refractivity contribution in [3.8, 4) is 5.75 Å². The van der Waals surface area contributed by atoms with Crippen molar-refractivity contribution in [1.82, 2.24) is 5.32 Å². The van der Waals surface area contributed by atoms with E-state index in [0.29, 0.717) is 5.56 Å². The predicted molar refractivity (Wildman–Crippen MR) is 61.6 cm³/mol. The first-order valence-corrected chi connectivity index (χ1v) is 5.73. The molecule has 0 fully saturated rings. The monoisotopic (exact) mass is 299 g/mol. The van der Waals surface area contributed by atoms with Crippen molar-refractivity contribution >= 4 is 0 Å². The van der Waals surface area contributed by atoms with Crippen LogP contribution in [0.3, 0.4) is 0 Å². The van der Waals surface area contributed by atoms with Crippen LogP contribution in [0.15, 0.2) is 24.3 Å². The summed E-state index contributed by atoms with van der Waals surface area (Å²) in [6.07, 6.45) is -7.18. The second-order valence-corrected chi connectivity index (χ2v) is 4.14. The first-order valence-electron chi connectivity index (χ1n) is 5.73. The van der Waals surface area contributed by atoms with Crippen molar-refractivity contribution in [1.29, 1.82) is 0 Å². The lowest BCUT2D eigenvalue weighted by molar-refractivity contribution is -0.202. The minimum absolute atomic E-state index is 0.0810. The average molecular weight is 299 g/mol. The van der Waals surface area contributed by atoms with E-state index in [9.17, 15) is 22.0 Å². The Morgan fingerprint density at radius 2 is 1.95 bits per heavy atom. The predicted octanol–water partition coefficient (Wildman–Crippen LogP) is 2.86. The Bertz CT molecular complexity index is 425. The van der Waals surface area contributed by atoms with Gasteiger partial charge >= 0.3 is 12.8 Å². The molecule has 0 amide bonds. The molecular formula is C12H14F5NO2. The Morgan fingerprint density at radius 3 is 2.50 bits per heavy atom. The number of benzene rings is 1. The van der Waals surface area contributed by atoms with Gasteiger partial charge in [0.05, 0.1) is 0 Å². The Labute approximate surface area is 112 Å². The fourth-order valence-corrected chi connectivity index (χ4v) is 1.48. The van der Waals surface area contributed by atoms with Crippen molar-refractivity contribution in [3.63, 3.8) is 0 Å². The number of alkyl halides is 5. The van der Waals surface area contributed by atoms with E-state index < -0.39 is 31.5 Å². The van der Waals surface area contributed by atoms with Crippen LogP contribution >= 0.6 is 0 Å². The Balaban J connectivity index is 2.61. The topological polar surface area (TPSA) is 41.5 Å². The minimum atomic E-state index is -4.70. The molecule has 20 heavy (non-hydrogen) atoms. The number of hydrogen-bond acceptors (Lipinski definition) is 3. The van der Waals surface area contributed by atoms with Gasteiger partial charge in [-0.3, -0.25) is 0 Å². The van der Waals surface area contributed by atoms with E-state index in [2.05, 4.69) is 10.1 Å². The fourth-order valence-electron chi connectivity index (χ4n) is 1.48. The first-order chi connectivity index (χ1) is 9.20. The number of ether oxygens (including phenoxy) is 1. The largest absolute Gasteiger partial charge is 0.435 e. The zero-order valence-corrected chi connectivity index (χ0v) is 10.5. The summed E-state index contributed by atoms with van der Waals surface area (Å²) in [5.74, 6) is -0.0810. The van der Waals surface area contributed by atoms with Gasteiger partial charge in [-0.25, -0.2) is 0 Å². The van der Waals surface area contributed by atoms with Crippen molar-refractivity contribution in [2.75, 3.05) is 6.54 Å². The number of aliphatic hydroxyl groups excluding tert-OH is 1. The van der Waals surface area contributed by atoms with E-state index in [1.807, 2.05) is 0 Å². The number of hydrogen-bond donors (Lipinski definition) is 2. The zero-order chi connectivity index (χ0) is 15.3. The molecule has 0 bridgehead atoms. The van der Waals surface area contributed by atoms with Crippen molar-refractivity contribution in [3.05, 3.63) is 29.8 Å². The van der Waals surface area contributed by atoms with Crippen LogP contribution in [0.1, 0.15) is 18.5 Å². The number of nitrogens with one attached hydrogen (secondary N) is 1. The van der Waals surface area contributed by atoms with Gasteiger partial charge in [-0.15, -0.1) is 0 Å². The number of rotatable bonds is 6. The Kier molecular flexibility index (Phi) is 5.70. The smallest absolute Gasteiger partial charge is 0.415 e. The third-order valence-electron chi connectivity index (χ3n) is 2.58. The van der Waals surface area contributed by atoms with Crippen molar-refractivity contribution in [2.45, 2.75) is 31.9 Å². The highest BCUT2D eigenvalue weighted by atomic mass is 19.4. The van der Waals surface area contributed by atoms with Gasteiger partial charge in [0, 0.05) is 12.6 Å². The van der Waals surface area contributed by atoms with Crippen molar-refractivity contribution in [2.24, 2.45) is 0 Å². The summed E-state index contributed by atoms with van der Waals surface area (Å²) < 4.78 is 64.6. The molecule has 0 aliphatic heterocycles. The number of halogens is 5. The standard InChI is InChI=1S/C12H14F5NO2/c1-7(18-6-10(19)12(15,16)17)8-3-2-4-9(5-8)20-11(13)14/h2-5,7,10-11,18-19H,6H2,1H3. The molecule has 0 spiro atoms. The molecule has 1 rings (SSSR count). The van der Waals surface area contributed by atoms with E-state index in [4.69, 9.17) is 5.11 Å². The van der Waals surface area contributed by atoms with Gasteiger partial charge in [-0.1, -0.05) is 12.1 Å². The molecule has 1 aromatic carbocycles. The van der Waals surface area contributed by atoms with Crippen LogP contribution in [0, 0.1) is 0 Å². The summed E-state index contributed by atoms with van der Waals surface area (Å²) in [7, 11) is 0. The molecule has 0 saturated heterocycles. The van der Waals surface area contributed by atoms with Crippen LogP contribution < -0.4 is 10.1 Å². The van der Waals surface area contributed by atoms with E-state index in [0.717, 1.165) is 0 Å². The van der Waals surface area contributed by atoms with Crippen molar-refractivity contribution < 1.29 is 31.8 Å².